The van der Waals surface area contributed by atoms with Crippen LogP contribution in [0.25, 0.3) is 0 Å². The number of anilines is 2. The fraction of sp³-hybridized carbons (Fsp3) is 0.400. The van der Waals surface area contributed by atoms with Gasteiger partial charge in [-0.15, -0.1) is 0 Å². The second kappa shape index (κ2) is 5.89. The molecule has 1 aliphatic heterocycles. The maximum atomic E-state index is 12.0. The molecule has 3 N–H and O–H groups in total. The van der Waals surface area contributed by atoms with E-state index >= 15 is 0 Å². The van der Waals surface area contributed by atoms with E-state index in [1.165, 1.54) is 5.57 Å². The van der Waals surface area contributed by atoms with Crippen LogP contribution >= 0.6 is 0 Å². The molecule has 0 saturated carbocycles. The summed E-state index contributed by atoms with van der Waals surface area (Å²) in [6.45, 7) is 6.33. The lowest BCUT2D eigenvalue weighted by Gasteiger charge is -2.24. The molecule has 0 radical (unpaired) electrons. The second-order valence-corrected chi connectivity index (χ2v) is 5.16. The summed E-state index contributed by atoms with van der Waals surface area (Å²) in [6, 6.07) is 5.51. The number of aryl methyl sites for hydroxylation is 1. The van der Waals surface area contributed by atoms with Crippen LogP contribution in [0.4, 0.5) is 11.4 Å². The molecule has 0 fully saturated rings. The number of hydrogen-bond acceptors (Lipinski definition) is 3. The highest BCUT2D eigenvalue weighted by atomic mass is 16.2. The lowest BCUT2D eigenvalue weighted by atomic mass is 10.1. The average molecular weight is 259 g/mol. The molecule has 0 aliphatic carbocycles. The van der Waals surface area contributed by atoms with E-state index in [1.54, 1.807) is 6.07 Å². The van der Waals surface area contributed by atoms with Gasteiger partial charge in [0, 0.05) is 24.5 Å². The molecule has 1 heterocycles. The minimum absolute atomic E-state index is 0.0285. The van der Waals surface area contributed by atoms with Gasteiger partial charge >= 0.3 is 0 Å². The van der Waals surface area contributed by atoms with E-state index in [-0.39, 0.29) is 5.91 Å². The van der Waals surface area contributed by atoms with Gasteiger partial charge in [0.1, 0.15) is 0 Å². The van der Waals surface area contributed by atoms with Crippen LogP contribution in [0.2, 0.25) is 0 Å². The Hall–Kier alpha value is -1.81. The summed E-state index contributed by atoms with van der Waals surface area (Å²) in [5.74, 6) is 0.0285. The van der Waals surface area contributed by atoms with Crippen LogP contribution in [0.3, 0.4) is 0 Å². The largest absolute Gasteiger partial charge is 0.399 e. The standard InChI is InChI=1S/C15H21N3O/c1-11-5-7-18(8-6-11)10-15(19)17-14-4-3-13(16)9-12(14)2/h3-5,9H,6-8,10,16H2,1-2H3,(H,17,19). The molecule has 0 aromatic heterocycles. The normalized spacial score (nSPS) is 16.0. The summed E-state index contributed by atoms with van der Waals surface area (Å²) < 4.78 is 0. The summed E-state index contributed by atoms with van der Waals surface area (Å²) in [4.78, 5) is 14.1. The molecule has 1 amide bonds. The zero-order chi connectivity index (χ0) is 13.8. The minimum Gasteiger partial charge on any atom is -0.399 e. The molecular formula is C15H21N3O. The van der Waals surface area contributed by atoms with Crippen molar-refractivity contribution in [2.45, 2.75) is 20.3 Å². The number of nitrogens with zero attached hydrogens (tertiary/aromatic N) is 1. The van der Waals surface area contributed by atoms with Crippen molar-refractivity contribution in [3.8, 4) is 0 Å². The quantitative estimate of drug-likeness (QED) is 0.646. The van der Waals surface area contributed by atoms with Crippen LogP contribution in [-0.4, -0.2) is 30.4 Å². The van der Waals surface area contributed by atoms with Gasteiger partial charge in [-0.3, -0.25) is 9.69 Å². The summed E-state index contributed by atoms with van der Waals surface area (Å²) in [5.41, 5.74) is 9.64. The molecule has 1 aliphatic rings. The van der Waals surface area contributed by atoms with Gasteiger partial charge in [0.05, 0.1) is 6.54 Å². The smallest absolute Gasteiger partial charge is 0.238 e. The summed E-state index contributed by atoms with van der Waals surface area (Å²) in [7, 11) is 0. The molecule has 0 spiro atoms. The zero-order valence-corrected chi connectivity index (χ0v) is 11.6. The van der Waals surface area contributed by atoms with Gasteiger partial charge in [0.25, 0.3) is 0 Å². The summed E-state index contributed by atoms with van der Waals surface area (Å²) in [6.07, 6.45) is 3.24. The van der Waals surface area contributed by atoms with Crippen LogP contribution in [0.1, 0.15) is 18.9 Å². The van der Waals surface area contributed by atoms with E-state index in [4.69, 9.17) is 5.73 Å². The highest BCUT2D eigenvalue weighted by Gasteiger charge is 2.13. The van der Waals surface area contributed by atoms with E-state index in [9.17, 15) is 4.79 Å². The zero-order valence-electron chi connectivity index (χ0n) is 11.6. The number of hydrogen-bond donors (Lipinski definition) is 2. The SMILES string of the molecule is CC1=CCN(CC(=O)Nc2ccc(N)cc2C)CC1. The van der Waals surface area contributed by atoms with Crippen molar-refractivity contribution in [3.63, 3.8) is 0 Å². The van der Waals surface area contributed by atoms with Gasteiger partial charge in [-0.05, 0) is 44.0 Å². The van der Waals surface area contributed by atoms with Gasteiger partial charge in [0.2, 0.25) is 5.91 Å². The molecule has 4 heteroatoms. The first kappa shape index (κ1) is 13.6. The number of carbonyl (C=O) groups is 1. The molecule has 0 bridgehead atoms. The van der Waals surface area contributed by atoms with E-state index in [0.29, 0.717) is 12.2 Å². The van der Waals surface area contributed by atoms with Crippen molar-refractivity contribution in [2.75, 3.05) is 30.7 Å². The number of rotatable bonds is 3. The Labute approximate surface area is 114 Å². The van der Waals surface area contributed by atoms with Crippen LogP contribution in [0.15, 0.2) is 29.8 Å². The summed E-state index contributed by atoms with van der Waals surface area (Å²) in [5, 5.41) is 2.94. The molecule has 102 valence electrons. The third-order valence-corrected chi connectivity index (χ3v) is 3.41. The predicted molar refractivity (Wildman–Crippen MR) is 79.0 cm³/mol. The molecule has 1 aromatic rings. The molecule has 1 aromatic carbocycles. The first-order valence-corrected chi connectivity index (χ1v) is 6.58. The molecular weight excluding hydrogens is 238 g/mol. The lowest BCUT2D eigenvalue weighted by molar-refractivity contribution is -0.117. The molecule has 0 unspecified atom stereocenters. The fourth-order valence-electron chi connectivity index (χ4n) is 2.18. The van der Waals surface area contributed by atoms with Crippen molar-refractivity contribution in [1.29, 1.82) is 0 Å². The number of carbonyl (C=O) groups excluding carboxylic acids is 1. The predicted octanol–water partition coefficient (Wildman–Crippen LogP) is 2.17. The molecule has 0 saturated heterocycles. The highest BCUT2D eigenvalue weighted by molar-refractivity contribution is 5.93. The van der Waals surface area contributed by atoms with E-state index in [0.717, 1.165) is 30.8 Å². The fourth-order valence-corrected chi connectivity index (χ4v) is 2.18. The maximum absolute atomic E-state index is 12.0. The molecule has 2 rings (SSSR count). The van der Waals surface area contributed by atoms with Crippen LogP contribution in [-0.2, 0) is 4.79 Å². The number of nitrogens with two attached hydrogens (primary N) is 1. The van der Waals surface area contributed by atoms with Crippen molar-refractivity contribution in [1.82, 2.24) is 4.90 Å². The van der Waals surface area contributed by atoms with Gasteiger partial charge in [-0.2, -0.15) is 0 Å². The van der Waals surface area contributed by atoms with Crippen LogP contribution in [0.5, 0.6) is 0 Å². The third-order valence-electron chi connectivity index (χ3n) is 3.41. The van der Waals surface area contributed by atoms with E-state index < -0.39 is 0 Å². The first-order valence-electron chi connectivity index (χ1n) is 6.58. The van der Waals surface area contributed by atoms with Crippen LogP contribution in [0, 0.1) is 6.92 Å². The minimum atomic E-state index is 0.0285. The van der Waals surface area contributed by atoms with E-state index in [2.05, 4.69) is 23.2 Å². The van der Waals surface area contributed by atoms with E-state index in [1.807, 2.05) is 19.1 Å². The number of benzene rings is 1. The first-order chi connectivity index (χ1) is 9.04. The van der Waals surface area contributed by atoms with Gasteiger partial charge in [0.15, 0.2) is 0 Å². The van der Waals surface area contributed by atoms with Gasteiger partial charge in [-0.25, -0.2) is 0 Å². The maximum Gasteiger partial charge on any atom is 0.238 e. The Balaban J connectivity index is 1.91. The Morgan fingerprint density at radius 2 is 2.21 bits per heavy atom. The van der Waals surface area contributed by atoms with Gasteiger partial charge < -0.3 is 11.1 Å². The molecule has 4 nitrogen and oxygen atoms in total. The van der Waals surface area contributed by atoms with Crippen molar-refractivity contribution >= 4 is 17.3 Å². The Morgan fingerprint density at radius 1 is 1.42 bits per heavy atom. The second-order valence-electron chi connectivity index (χ2n) is 5.16. The third kappa shape index (κ3) is 3.83. The molecule has 19 heavy (non-hydrogen) atoms. The number of nitrogen functional groups attached to an aromatic ring is 1. The average Bonchev–Trinajstić information content (AvgIpc) is 2.36. The lowest BCUT2D eigenvalue weighted by Crippen LogP contribution is -2.36. The Morgan fingerprint density at radius 3 is 2.84 bits per heavy atom. The number of nitrogens with one attached hydrogen (secondary N) is 1. The van der Waals surface area contributed by atoms with Crippen molar-refractivity contribution in [2.24, 2.45) is 0 Å². The van der Waals surface area contributed by atoms with Crippen molar-refractivity contribution < 1.29 is 4.79 Å². The monoisotopic (exact) mass is 259 g/mol. The highest BCUT2D eigenvalue weighted by Crippen LogP contribution is 2.17. The Kier molecular flexibility index (Phi) is 4.22. The topological polar surface area (TPSA) is 58.4 Å². The van der Waals surface area contributed by atoms with Gasteiger partial charge in [-0.1, -0.05) is 11.6 Å². The Bertz CT molecular complexity index is 508. The molecule has 0 atom stereocenters. The van der Waals surface area contributed by atoms with Crippen molar-refractivity contribution in [3.05, 3.63) is 35.4 Å². The number of amides is 1. The van der Waals surface area contributed by atoms with Crippen LogP contribution < -0.4 is 11.1 Å². The summed E-state index contributed by atoms with van der Waals surface area (Å²) >= 11 is 0.